The Bertz CT molecular complexity index is 1100. The lowest BCUT2D eigenvalue weighted by molar-refractivity contribution is -0.142. The van der Waals surface area contributed by atoms with Crippen LogP contribution in [-0.4, -0.2) is 30.5 Å². The molecule has 1 aliphatic rings. The zero-order chi connectivity index (χ0) is 19.7. The minimum atomic E-state index is -3.66. The van der Waals surface area contributed by atoms with Crippen LogP contribution in [0.3, 0.4) is 0 Å². The fraction of sp³-hybridized carbons (Fsp3) is 0.286. The normalized spacial score (nSPS) is 20.3. The lowest BCUT2D eigenvalue weighted by Gasteiger charge is -2.26. The van der Waals surface area contributed by atoms with Crippen molar-refractivity contribution in [3.63, 3.8) is 0 Å². The molecular weight excluding hydrogens is 376 g/mol. The third-order valence-corrected chi connectivity index (χ3v) is 6.91. The van der Waals surface area contributed by atoms with Crippen molar-refractivity contribution in [1.82, 2.24) is 9.71 Å². The van der Waals surface area contributed by atoms with E-state index in [1.165, 1.54) is 0 Å². The Kier molecular flexibility index (Phi) is 4.95. The number of nitrogens with one attached hydrogen (secondary N) is 2. The van der Waals surface area contributed by atoms with Crippen molar-refractivity contribution in [1.29, 1.82) is 0 Å². The second kappa shape index (κ2) is 7.41. The molecule has 0 bridgehead atoms. The molecule has 0 radical (unpaired) electrons. The van der Waals surface area contributed by atoms with Crippen LogP contribution >= 0.6 is 0 Å². The van der Waals surface area contributed by atoms with Crippen LogP contribution in [0.2, 0.25) is 0 Å². The standard InChI is InChI=1S/C21H22N2O4S/c24-21(25)15-6-9-17(10-7-15)23-28(26,27)18-11-8-16-12-19(22-20(16)13-18)14-4-2-1-3-5-14/h1-5,8,11-13,15,17,22-23H,6-7,9-10H2,(H,24,25). The number of rotatable bonds is 5. The highest BCUT2D eigenvalue weighted by Crippen LogP contribution is 2.28. The smallest absolute Gasteiger partial charge is 0.306 e. The molecule has 146 valence electrons. The summed E-state index contributed by atoms with van der Waals surface area (Å²) in [6.07, 6.45) is 2.08. The molecule has 4 rings (SSSR count). The minimum absolute atomic E-state index is 0.210. The Morgan fingerprint density at radius 1 is 1.00 bits per heavy atom. The van der Waals surface area contributed by atoms with Crippen molar-refractivity contribution in [2.24, 2.45) is 5.92 Å². The number of carbonyl (C=O) groups is 1. The van der Waals surface area contributed by atoms with Gasteiger partial charge in [-0.1, -0.05) is 36.4 Å². The molecule has 3 aromatic rings. The van der Waals surface area contributed by atoms with Gasteiger partial charge in [0, 0.05) is 22.6 Å². The summed E-state index contributed by atoms with van der Waals surface area (Å²) in [7, 11) is -3.66. The highest BCUT2D eigenvalue weighted by molar-refractivity contribution is 7.89. The number of benzene rings is 2. The molecule has 3 N–H and O–H groups in total. The summed E-state index contributed by atoms with van der Waals surface area (Å²) < 4.78 is 28.3. The second-order valence-electron chi connectivity index (χ2n) is 7.31. The van der Waals surface area contributed by atoms with Crippen LogP contribution in [0.5, 0.6) is 0 Å². The fourth-order valence-corrected chi connectivity index (χ4v) is 5.12. The van der Waals surface area contributed by atoms with Gasteiger partial charge in [-0.2, -0.15) is 0 Å². The molecule has 1 saturated carbocycles. The van der Waals surface area contributed by atoms with Crippen molar-refractivity contribution in [3.05, 3.63) is 54.6 Å². The number of H-pyrrole nitrogens is 1. The Morgan fingerprint density at radius 3 is 2.39 bits per heavy atom. The largest absolute Gasteiger partial charge is 0.481 e. The van der Waals surface area contributed by atoms with Crippen molar-refractivity contribution in [2.75, 3.05) is 0 Å². The van der Waals surface area contributed by atoms with E-state index in [1.807, 2.05) is 36.4 Å². The molecule has 7 heteroatoms. The lowest BCUT2D eigenvalue weighted by atomic mass is 9.87. The minimum Gasteiger partial charge on any atom is -0.481 e. The molecular formula is C21H22N2O4S. The van der Waals surface area contributed by atoms with Crippen LogP contribution < -0.4 is 4.72 Å². The van der Waals surface area contributed by atoms with Crippen LogP contribution in [-0.2, 0) is 14.8 Å². The topological polar surface area (TPSA) is 99.3 Å². The molecule has 0 unspecified atom stereocenters. The quantitative estimate of drug-likeness (QED) is 0.609. The van der Waals surface area contributed by atoms with Crippen molar-refractivity contribution < 1.29 is 18.3 Å². The maximum atomic E-state index is 12.8. The summed E-state index contributed by atoms with van der Waals surface area (Å²) in [6, 6.07) is 16.7. The molecule has 0 spiro atoms. The van der Waals surface area contributed by atoms with E-state index in [4.69, 9.17) is 5.11 Å². The number of aromatic amines is 1. The number of aromatic nitrogens is 1. The third-order valence-electron chi connectivity index (χ3n) is 5.39. The number of carboxylic acid groups (broad SMARTS) is 1. The van der Waals surface area contributed by atoms with Crippen molar-refractivity contribution in [3.8, 4) is 11.3 Å². The predicted octanol–water partition coefficient (Wildman–Crippen LogP) is 3.76. The molecule has 2 aromatic carbocycles. The first kappa shape index (κ1) is 18.7. The first-order valence-electron chi connectivity index (χ1n) is 9.36. The van der Waals surface area contributed by atoms with E-state index in [-0.39, 0.29) is 16.9 Å². The van der Waals surface area contributed by atoms with Gasteiger partial charge < -0.3 is 10.1 Å². The van der Waals surface area contributed by atoms with E-state index >= 15 is 0 Å². The molecule has 1 fully saturated rings. The third kappa shape index (κ3) is 3.81. The first-order valence-corrected chi connectivity index (χ1v) is 10.8. The van der Waals surface area contributed by atoms with Crippen LogP contribution in [0, 0.1) is 5.92 Å². The number of carboxylic acids is 1. The van der Waals surface area contributed by atoms with Crippen LogP contribution in [0.1, 0.15) is 25.7 Å². The Hall–Kier alpha value is -2.64. The maximum Gasteiger partial charge on any atom is 0.306 e. The number of aliphatic carboxylic acids is 1. The average Bonchev–Trinajstić information content (AvgIpc) is 3.12. The number of sulfonamides is 1. The van der Waals surface area contributed by atoms with E-state index < -0.39 is 16.0 Å². The Balaban J connectivity index is 1.54. The zero-order valence-electron chi connectivity index (χ0n) is 15.3. The number of hydrogen-bond donors (Lipinski definition) is 3. The number of fused-ring (bicyclic) bond motifs is 1. The van der Waals surface area contributed by atoms with Gasteiger partial charge in [-0.25, -0.2) is 13.1 Å². The van der Waals surface area contributed by atoms with Crippen molar-refractivity contribution >= 4 is 26.9 Å². The van der Waals surface area contributed by atoms with Crippen LogP contribution in [0.25, 0.3) is 22.2 Å². The first-order chi connectivity index (χ1) is 13.4. The summed E-state index contributed by atoms with van der Waals surface area (Å²) in [6.45, 7) is 0. The molecule has 6 nitrogen and oxygen atoms in total. The van der Waals surface area contributed by atoms with E-state index in [0.29, 0.717) is 25.7 Å². The highest BCUT2D eigenvalue weighted by Gasteiger charge is 2.29. The Labute approximate surface area is 163 Å². The summed E-state index contributed by atoms with van der Waals surface area (Å²) in [5.74, 6) is -1.17. The van der Waals surface area contributed by atoms with Crippen molar-refractivity contribution in [2.45, 2.75) is 36.6 Å². The van der Waals surface area contributed by atoms with E-state index in [2.05, 4.69) is 9.71 Å². The summed E-state index contributed by atoms with van der Waals surface area (Å²) in [5, 5.41) is 10.0. The molecule has 0 atom stereocenters. The molecule has 0 saturated heterocycles. The van der Waals surface area contributed by atoms with Crippen LogP contribution in [0.15, 0.2) is 59.5 Å². The molecule has 28 heavy (non-hydrogen) atoms. The molecule has 1 heterocycles. The number of hydrogen-bond acceptors (Lipinski definition) is 3. The maximum absolute atomic E-state index is 12.8. The molecule has 0 amide bonds. The lowest BCUT2D eigenvalue weighted by Crippen LogP contribution is -2.38. The summed E-state index contributed by atoms with van der Waals surface area (Å²) in [4.78, 5) is 14.6. The van der Waals surface area contributed by atoms with Gasteiger partial charge in [0.2, 0.25) is 10.0 Å². The molecule has 1 aromatic heterocycles. The van der Waals surface area contributed by atoms with E-state index in [9.17, 15) is 13.2 Å². The fourth-order valence-electron chi connectivity index (χ4n) is 3.79. The second-order valence-corrected chi connectivity index (χ2v) is 9.02. The average molecular weight is 398 g/mol. The molecule has 1 aliphatic carbocycles. The zero-order valence-corrected chi connectivity index (χ0v) is 16.1. The van der Waals surface area contributed by atoms with Gasteiger partial charge in [-0.15, -0.1) is 0 Å². The summed E-state index contributed by atoms with van der Waals surface area (Å²) >= 11 is 0. The van der Waals surface area contributed by atoms with Gasteiger partial charge in [0.25, 0.3) is 0 Å². The van der Waals surface area contributed by atoms with Gasteiger partial charge in [0.1, 0.15) is 0 Å². The van der Waals surface area contributed by atoms with E-state index in [1.54, 1.807) is 18.2 Å². The van der Waals surface area contributed by atoms with Gasteiger partial charge >= 0.3 is 5.97 Å². The monoisotopic (exact) mass is 398 g/mol. The van der Waals surface area contributed by atoms with Gasteiger partial charge in [0.05, 0.1) is 10.8 Å². The van der Waals surface area contributed by atoms with E-state index in [0.717, 1.165) is 22.2 Å². The van der Waals surface area contributed by atoms with Gasteiger partial charge in [-0.05, 0) is 49.4 Å². The van der Waals surface area contributed by atoms with Crippen LogP contribution in [0.4, 0.5) is 0 Å². The molecule has 0 aliphatic heterocycles. The van der Waals surface area contributed by atoms with Gasteiger partial charge in [-0.3, -0.25) is 4.79 Å². The highest BCUT2D eigenvalue weighted by atomic mass is 32.2. The Morgan fingerprint density at radius 2 is 1.71 bits per heavy atom. The van der Waals surface area contributed by atoms with Gasteiger partial charge in [0.15, 0.2) is 0 Å². The summed E-state index contributed by atoms with van der Waals surface area (Å²) in [5.41, 5.74) is 2.73. The predicted molar refractivity (Wildman–Crippen MR) is 107 cm³/mol. The SMILES string of the molecule is O=C(O)C1CCC(NS(=O)(=O)c2ccc3cc(-c4ccccc4)[nH]c3c2)CC1.